The molecular formula is C13H17NO2. The van der Waals surface area contributed by atoms with E-state index in [0.29, 0.717) is 18.5 Å². The lowest BCUT2D eigenvalue weighted by Gasteiger charge is -2.27. The molecule has 0 bridgehead atoms. The number of pyridine rings is 1. The van der Waals surface area contributed by atoms with E-state index in [0.717, 1.165) is 25.5 Å². The standard InChI is InChI=1S/C13H17NO2/c15-10-11-5-1-3-7-13(16,9-11)12-6-2-4-8-14-12/h2,4,6,8,10-11,16H,1,3,5,7,9H2. The SMILES string of the molecule is O=CC1CCCCC(O)(c2ccccn2)C1. The fourth-order valence-electron chi connectivity index (χ4n) is 2.45. The van der Waals surface area contributed by atoms with Crippen LogP contribution in [-0.4, -0.2) is 16.4 Å². The van der Waals surface area contributed by atoms with Crippen molar-refractivity contribution in [3.63, 3.8) is 0 Å². The van der Waals surface area contributed by atoms with E-state index in [1.165, 1.54) is 0 Å². The predicted molar refractivity (Wildman–Crippen MR) is 60.8 cm³/mol. The van der Waals surface area contributed by atoms with Gasteiger partial charge < -0.3 is 9.90 Å². The van der Waals surface area contributed by atoms with E-state index < -0.39 is 5.60 Å². The zero-order valence-electron chi connectivity index (χ0n) is 9.30. The molecule has 1 heterocycles. The molecule has 0 radical (unpaired) electrons. The van der Waals surface area contributed by atoms with Gasteiger partial charge in [-0.05, 0) is 31.4 Å². The summed E-state index contributed by atoms with van der Waals surface area (Å²) in [6, 6.07) is 5.55. The molecule has 1 saturated carbocycles. The van der Waals surface area contributed by atoms with Crippen LogP contribution in [0.2, 0.25) is 0 Å². The number of aldehydes is 1. The second-order valence-corrected chi connectivity index (χ2v) is 4.59. The van der Waals surface area contributed by atoms with Crippen LogP contribution in [0.3, 0.4) is 0 Å². The van der Waals surface area contributed by atoms with Gasteiger partial charge in [0.1, 0.15) is 11.9 Å². The van der Waals surface area contributed by atoms with Gasteiger partial charge in [0.2, 0.25) is 0 Å². The Labute approximate surface area is 95.5 Å². The molecule has 2 rings (SSSR count). The van der Waals surface area contributed by atoms with Crippen molar-refractivity contribution in [2.24, 2.45) is 5.92 Å². The summed E-state index contributed by atoms with van der Waals surface area (Å²) in [6.45, 7) is 0. The maximum atomic E-state index is 10.9. The van der Waals surface area contributed by atoms with Crippen LogP contribution in [0.4, 0.5) is 0 Å². The summed E-state index contributed by atoms with van der Waals surface area (Å²) in [7, 11) is 0. The van der Waals surface area contributed by atoms with E-state index in [-0.39, 0.29) is 5.92 Å². The third kappa shape index (κ3) is 2.30. The Bertz CT molecular complexity index is 352. The Morgan fingerprint density at radius 3 is 3.00 bits per heavy atom. The predicted octanol–water partition coefficient (Wildman–Crippen LogP) is 2.05. The summed E-state index contributed by atoms with van der Waals surface area (Å²) < 4.78 is 0. The Balaban J connectivity index is 2.25. The van der Waals surface area contributed by atoms with Gasteiger partial charge in [0, 0.05) is 12.1 Å². The normalized spacial score (nSPS) is 30.7. The summed E-state index contributed by atoms with van der Waals surface area (Å²) >= 11 is 0. The van der Waals surface area contributed by atoms with Crippen LogP contribution in [0.1, 0.15) is 37.8 Å². The number of hydrogen-bond donors (Lipinski definition) is 1. The number of rotatable bonds is 2. The molecule has 1 aromatic heterocycles. The Hall–Kier alpha value is -1.22. The van der Waals surface area contributed by atoms with E-state index in [1.54, 1.807) is 6.20 Å². The van der Waals surface area contributed by atoms with Gasteiger partial charge in [-0.2, -0.15) is 0 Å². The van der Waals surface area contributed by atoms with Crippen molar-refractivity contribution in [1.29, 1.82) is 0 Å². The van der Waals surface area contributed by atoms with Gasteiger partial charge in [-0.3, -0.25) is 4.98 Å². The molecule has 16 heavy (non-hydrogen) atoms. The quantitative estimate of drug-likeness (QED) is 0.611. The van der Waals surface area contributed by atoms with E-state index in [9.17, 15) is 9.90 Å². The van der Waals surface area contributed by atoms with E-state index in [4.69, 9.17) is 0 Å². The lowest BCUT2D eigenvalue weighted by atomic mass is 9.86. The fourth-order valence-corrected chi connectivity index (χ4v) is 2.45. The largest absolute Gasteiger partial charge is 0.384 e. The van der Waals surface area contributed by atoms with Crippen LogP contribution in [0, 0.1) is 5.92 Å². The van der Waals surface area contributed by atoms with Crippen molar-refractivity contribution in [2.75, 3.05) is 0 Å². The number of carbonyl (C=O) groups is 1. The third-order valence-corrected chi connectivity index (χ3v) is 3.35. The summed E-state index contributed by atoms with van der Waals surface area (Å²) in [4.78, 5) is 15.1. The van der Waals surface area contributed by atoms with Gasteiger partial charge in [0.25, 0.3) is 0 Å². The highest BCUT2D eigenvalue weighted by atomic mass is 16.3. The Morgan fingerprint density at radius 1 is 1.44 bits per heavy atom. The zero-order chi connectivity index (χ0) is 11.4. The van der Waals surface area contributed by atoms with Crippen LogP contribution in [0.25, 0.3) is 0 Å². The first kappa shape index (κ1) is 11.3. The van der Waals surface area contributed by atoms with Crippen LogP contribution < -0.4 is 0 Å². The number of hydrogen-bond acceptors (Lipinski definition) is 3. The van der Waals surface area contributed by atoms with Crippen molar-refractivity contribution in [3.05, 3.63) is 30.1 Å². The smallest absolute Gasteiger partial charge is 0.123 e. The minimum absolute atomic E-state index is 0.0329. The van der Waals surface area contributed by atoms with Crippen LogP contribution in [0.15, 0.2) is 24.4 Å². The maximum absolute atomic E-state index is 10.9. The molecule has 2 unspecified atom stereocenters. The highest BCUT2D eigenvalue weighted by Gasteiger charge is 2.35. The van der Waals surface area contributed by atoms with E-state index in [1.807, 2.05) is 18.2 Å². The molecule has 0 saturated heterocycles. The molecule has 86 valence electrons. The van der Waals surface area contributed by atoms with E-state index in [2.05, 4.69) is 4.98 Å². The Morgan fingerprint density at radius 2 is 2.31 bits per heavy atom. The molecule has 1 aliphatic carbocycles. The van der Waals surface area contributed by atoms with Crippen LogP contribution in [-0.2, 0) is 10.4 Å². The Kier molecular flexibility index (Phi) is 3.34. The highest BCUT2D eigenvalue weighted by molar-refractivity contribution is 5.53. The van der Waals surface area contributed by atoms with Gasteiger partial charge in [-0.1, -0.05) is 18.9 Å². The first-order valence-electron chi connectivity index (χ1n) is 5.84. The molecule has 0 spiro atoms. The topological polar surface area (TPSA) is 50.2 Å². The molecule has 1 N–H and O–H groups in total. The molecule has 0 aromatic carbocycles. The first-order valence-corrected chi connectivity index (χ1v) is 5.84. The molecule has 3 heteroatoms. The average Bonchev–Trinajstić information content (AvgIpc) is 2.53. The summed E-state index contributed by atoms with van der Waals surface area (Å²) in [5.41, 5.74) is -0.215. The zero-order valence-corrected chi connectivity index (χ0v) is 9.30. The van der Waals surface area contributed by atoms with Crippen molar-refractivity contribution in [1.82, 2.24) is 4.98 Å². The van der Waals surface area contributed by atoms with Gasteiger partial charge in [-0.15, -0.1) is 0 Å². The summed E-state index contributed by atoms with van der Waals surface area (Å²) in [6.07, 6.45) is 6.73. The monoisotopic (exact) mass is 219 g/mol. The average molecular weight is 219 g/mol. The number of nitrogens with zero attached hydrogens (tertiary/aromatic N) is 1. The summed E-state index contributed by atoms with van der Waals surface area (Å²) in [5, 5.41) is 10.6. The molecule has 0 amide bonds. The second-order valence-electron chi connectivity index (χ2n) is 4.59. The molecule has 3 nitrogen and oxygen atoms in total. The van der Waals surface area contributed by atoms with Gasteiger partial charge in [0.15, 0.2) is 0 Å². The molecule has 0 aliphatic heterocycles. The molecule has 1 aliphatic rings. The van der Waals surface area contributed by atoms with Gasteiger partial charge in [0.05, 0.1) is 5.69 Å². The molecular weight excluding hydrogens is 202 g/mol. The lowest BCUT2D eigenvalue weighted by Crippen LogP contribution is -2.28. The fraction of sp³-hybridized carbons (Fsp3) is 0.538. The number of aliphatic hydroxyl groups is 1. The van der Waals surface area contributed by atoms with Crippen molar-refractivity contribution >= 4 is 6.29 Å². The van der Waals surface area contributed by atoms with Gasteiger partial charge in [-0.25, -0.2) is 0 Å². The number of carbonyl (C=O) groups excluding carboxylic acids is 1. The minimum atomic E-state index is -0.913. The summed E-state index contributed by atoms with van der Waals surface area (Å²) in [5.74, 6) is -0.0329. The van der Waals surface area contributed by atoms with Crippen LogP contribution in [0.5, 0.6) is 0 Å². The van der Waals surface area contributed by atoms with Crippen molar-refractivity contribution in [2.45, 2.75) is 37.7 Å². The number of aromatic nitrogens is 1. The van der Waals surface area contributed by atoms with Crippen molar-refractivity contribution in [3.8, 4) is 0 Å². The minimum Gasteiger partial charge on any atom is -0.384 e. The highest BCUT2D eigenvalue weighted by Crippen LogP contribution is 2.36. The molecule has 1 fully saturated rings. The van der Waals surface area contributed by atoms with Crippen LogP contribution >= 0.6 is 0 Å². The van der Waals surface area contributed by atoms with Crippen molar-refractivity contribution < 1.29 is 9.90 Å². The third-order valence-electron chi connectivity index (χ3n) is 3.35. The van der Waals surface area contributed by atoms with E-state index >= 15 is 0 Å². The lowest BCUT2D eigenvalue weighted by molar-refractivity contribution is -0.113. The van der Waals surface area contributed by atoms with Gasteiger partial charge >= 0.3 is 0 Å². The molecule has 2 atom stereocenters. The maximum Gasteiger partial charge on any atom is 0.123 e. The molecule has 1 aromatic rings. The second kappa shape index (κ2) is 4.74. The first-order chi connectivity index (χ1) is 7.74.